The third-order valence-corrected chi connectivity index (χ3v) is 4.86. The third-order valence-electron chi connectivity index (χ3n) is 4.86. The molecule has 6 heteroatoms. The molecule has 1 fully saturated rings. The van der Waals surface area contributed by atoms with Crippen molar-refractivity contribution in [3.05, 3.63) is 35.4 Å². The average molecular weight is 388 g/mol. The second-order valence-corrected chi connectivity index (χ2v) is 8.41. The first kappa shape index (κ1) is 22.4. The Labute approximate surface area is 168 Å². The molecular weight excluding hydrogens is 354 g/mol. The summed E-state index contributed by atoms with van der Waals surface area (Å²) in [5.41, 5.74) is 1.40. The van der Waals surface area contributed by atoms with Crippen molar-refractivity contribution in [2.24, 2.45) is 0 Å². The molecule has 28 heavy (non-hydrogen) atoms. The average Bonchev–Trinajstić information content (AvgIpc) is 2.67. The van der Waals surface area contributed by atoms with Gasteiger partial charge in [-0.15, -0.1) is 0 Å². The summed E-state index contributed by atoms with van der Waals surface area (Å²) in [6.45, 7) is 11.4. The number of benzene rings is 1. The summed E-state index contributed by atoms with van der Waals surface area (Å²) in [7, 11) is 0. The van der Waals surface area contributed by atoms with Crippen LogP contribution in [0.3, 0.4) is 0 Å². The van der Waals surface area contributed by atoms with Gasteiger partial charge in [0.1, 0.15) is 6.61 Å². The zero-order valence-corrected chi connectivity index (χ0v) is 17.5. The van der Waals surface area contributed by atoms with Crippen LogP contribution in [-0.2, 0) is 20.7 Å². The van der Waals surface area contributed by atoms with E-state index >= 15 is 0 Å². The number of ether oxygens (including phenoxy) is 2. The van der Waals surface area contributed by atoms with Gasteiger partial charge in [0.25, 0.3) is 0 Å². The van der Waals surface area contributed by atoms with Gasteiger partial charge < -0.3 is 14.8 Å². The van der Waals surface area contributed by atoms with Gasteiger partial charge in [0.05, 0.1) is 30.4 Å². The smallest absolute Gasteiger partial charge is 0.246 e. The number of carbonyl (C=O) groups excluding carboxylic acids is 1. The Morgan fingerprint density at radius 3 is 2.50 bits per heavy atom. The van der Waals surface area contributed by atoms with Crippen LogP contribution in [0.1, 0.15) is 45.2 Å². The van der Waals surface area contributed by atoms with Crippen LogP contribution >= 0.6 is 0 Å². The van der Waals surface area contributed by atoms with E-state index in [4.69, 9.17) is 14.7 Å². The van der Waals surface area contributed by atoms with E-state index in [1.54, 1.807) is 0 Å². The van der Waals surface area contributed by atoms with Crippen LogP contribution < -0.4 is 5.32 Å². The van der Waals surface area contributed by atoms with Crippen LogP contribution in [0.5, 0.6) is 0 Å². The van der Waals surface area contributed by atoms with Gasteiger partial charge in [-0.3, -0.25) is 9.69 Å². The van der Waals surface area contributed by atoms with Crippen LogP contribution in [0, 0.1) is 11.3 Å². The predicted octanol–water partition coefficient (Wildman–Crippen LogP) is 2.51. The molecule has 1 unspecified atom stereocenters. The number of amides is 1. The lowest BCUT2D eigenvalue weighted by Crippen LogP contribution is -2.47. The van der Waals surface area contributed by atoms with Crippen LogP contribution in [0.15, 0.2) is 24.3 Å². The molecule has 1 aromatic rings. The minimum absolute atomic E-state index is 0.00171. The number of carbonyl (C=O) groups is 1. The fourth-order valence-corrected chi connectivity index (χ4v) is 3.32. The molecule has 0 spiro atoms. The standard InChI is InChI=1S/C22H33N3O3/c1-17(25-9-11-27-12-10-25)13-20(24-21(26)16-28-22(2,3)4)14-18-5-7-19(15-23)8-6-18/h5-8,17,20H,9-14,16H2,1-4H3,(H,24,26)/t17?,20-/m0/s1. The lowest BCUT2D eigenvalue weighted by molar-refractivity contribution is -0.131. The normalized spacial score (nSPS) is 17.5. The Bertz CT molecular complexity index is 655. The summed E-state index contributed by atoms with van der Waals surface area (Å²) in [5, 5.41) is 12.1. The van der Waals surface area contributed by atoms with Crippen molar-refractivity contribution >= 4 is 5.91 Å². The minimum atomic E-state index is -0.346. The van der Waals surface area contributed by atoms with Gasteiger partial charge in [-0.1, -0.05) is 12.1 Å². The summed E-state index contributed by atoms with van der Waals surface area (Å²) in [6.07, 6.45) is 1.57. The summed E-state index contributed by atoms with van der Waals surface area (Å²) in [6, 6.07) is 10.1. The van der Waals surface area contributed by atoms with Crippen molar-refractivity contribution < 1.29 is 14.3 Å². The highest BCUT2D eigenvalue weighted by Crippen LogP contribution is 2.14. The molecule has 154 valence electrons. The van der Waals surface area contributed by atoms with E-state index in [-0.39, 0.29) is 24.2 Å². The Morgan fingerprint density at radius 1 is 1.29 bits per heavy atom. The quantitative estimate of drug-likeness (QED) is 0.742. The summed E-state index contributed by atoms with van der Waals surface area (Å²) < 4.78 is 11.1. The highest BCUT2D eigenvalue weighted by atomic mass is 16.5. The molecule has 0 saturated carbocycles. The first-order chi connectivity index (χ1) is 13.3. The molecule has 6 nitrogen and oxygen atoms in total. The second-order valence-electron chi connectivity index (χ2n) is 8.41. The van der Waals surface area contributed by atoms with E-state index in [1.807, 2.05) is 45.0 Å². The maximum Gasteiger partial charge on any atom is 0.246 e. The topological polar surface area (TPSA) is 74.6 Å². The Hall–Kier alpha value is -1.94. The Morgan fingerprint density at radius 2 is 1.93 bits per heavy atom. The molecule has 0 radical (unpaired) electrons. The SMILES string of the molecule is CC(C[C@@H](Cc1ccc(C#N)cc1)NC(=O)COC(C)(C)C)N1CCOCC1. The largest absolute Gasteiger partial charge is 0.379 e. The predicted molar refractivity (Wildman–Crippen MR) is 109 cm³/mol. The van der Waals surface area contributed by atoms with Gasteiger partial charge in [0, 0.05) is 25.2 Å². The second kappa shape index (κ2) is 10.6. The van der Waals surface area contributed by atoms with E-state index < -0.39 is 0 Å². The van der Waals surface area contributed by atoms with Gasteiger partial charge >= 0.3 is 0 Å². The highest BCUT2D eigenvalue weighted by Gasteiger charge is 2.23. The molecule has 0 aliphatic carbocycles. The van der Waals surface area contributed by atoms with Gasteiger partial charge in [-0.25, -0.2) is 0 Å². The molecule has 1 amide bonds. The van der Waals surface area contributed by atoms with E-state index in [9.17, 15) is 4.79 Å². The maximum absolute atomic E-state index is 12.4. The molecule has 1 aromatic carbocycles. The molecule has 1 N–H and O–H groups in total. The molecular formula is C22H33N3O3. The maximum atomic E-state index is 12.4. The molecule has 1 saturated heterocycles. The van der Waals surface area contributed by atoms with E-state index in [0.717, 1.165) is 44.7 Å². The lowest BCUT2D eigenvalue weighted by Gasteiger charge is -2.34. The zero-order valence-electron chi connectivity index (χ0n) is 17.5. The van der Waals surface area contributed by atoms with Crippen molar-refractivity contribution in [3.63, 3.8) is 0 Å². The number of hydrogen-bond donors (Lipinski definition) is 1. The van der Waals surface area contributed by atoms with E-state index in [0.29, 0.717) is 11.6 Å². The fraction of sp³-hybridized carbons (Fsp3) is 0.636. The fourth-order valence-electron chi connectivity index (χ4n) is 3.32. The summed E-state index contributed by atoms with van der Waals surface area (Å²) in [5.74, 6) is -0.0947. The molecule has 1 aliphatic heterocycles. The van der Waals surface area contributed by atoms with Crippen molar-refractivity contribution in [2.75, 3.05) is 32.9 Å². The van der Waals surface area contributed by atoms with Crippen LogP contribution in [0.4, 0.5) is 0 Å². The van der Waals surface area contributed by atoms with Crippen molar-refractivity contribution in [3.8, 4) is 6.07 Å². The Balaban J connectivity index is 2.00. The van der Waals surface area contributed by atoms with Gasteiger partial charge in [-0.2, -0.15) is 5.26 Å². The van der Waals surface area contributed by atoms with Crippen molar-refractivity contribution in [1.82, 2.24) is 10.2 Å². The molecule has 2 atom stereocenters. The zero-order chi connectivity index (χ0) is 20.6. The summed E-state index contributed by atoms with van der Waals surface area (Å²) in [4.78, 5) is 14.8. The molecule has 0 aromatic heterocycles. The van der Waals surface area contributed by atoms with Crippen LogP contribution in [-0.4, -0.2) is 61.4 Å². The first-order valence-corrected chi connectivity index (χ1v) is 10.0. The molecule has 0 bridgehead atoms. The highest BCUT2D eigenvalue weighted by molar-refractivity contribution is 5.77. The number of nitrogens with zero attached hydrogens (tertiary/aromatic N) is 2. The molecule has 1 aliphatic rings. The minimum Gasteiger partial charge on any atom is -0.379 e. The van der Waals surface area contributed by atoms with E-state index in [1.165, 1.54) is 0 Å². The number of nitrogens with one attached hydrogen (secondary N) is 1. The van der Waals surface area contributed by atoms with Crippen molar-refractivity contribution in [2.45, 2.75) is 58.2 Å². The van der Waals surface area contributed by atoms with Crippen LogP contribution in [0.2, 0.25) is 0 Å². The summed E-state index contributed by atoms with van der Waals surface area (Å²) >= 11 is 0. The van der Waals surface area contributed by atoms with Gasteiger partial charge in [0.2, 0.25) is 5.91 Å². The van der Waals surface area contributed by atoms with Gasteiger partial charge in [0.15, 0.2) is 0 Å². The third kappa shape index (κ3) is 7.97. The monoisotopic (exact) mass is 387 g/mol. The first-order valence-electron chi connectivity index (χ1n) is 10.0. The number of rotatable bonds is 8. The van der Waals surface area contributed by atoms with Gasteiger partial charge in [-0.05, 0) is 58.2 Å². The number of morpholine rings is 1. The Kier molecular flexibility index (Phi) is 8.43. The molecule has 1 heterocycles. The van der Waals surface area contributed by atoms with Crippen LogP contribution in [0.25, 0.3) is 0 Å². The van der Waals surface area contributed by atoms with Crippen molar-refractivity contribution in [1.29, 1.82) is 5.26 Å². The molecule has 2 rings (SSSR count). The number of nitriles is 1. The lowest BCUT2D eigenvalue weighted by atomic mass is 9.98. The van der Waals surface area contributed by atoms with E-state index in [2.05, 4.69) is 23.2 Å². The number of hydrogen-bond acceptors (Lipinski definition) is 5.